The van der Waals surface area contributed by atoms with Crippen LogP contribution in [-0.4, -0.2) is 18.8 Å². The first-order chi connectivity index (χ1) is 9.81. The molecule has 1 fully saturated rings. The van der Waals surface area contributed by atoms with Crippen LogP contribution in [0.1, 0.15) is 37.7 Å². The van der Waals surface area contributed by atoms with Crippen molar-refractivity contribution in [1.82, 2.24) is 5.48 Å². The molecule has 3 rings (SSSR count). The van der Waals surface area contributed by atoms with E-state index < -0.39 is 0 Å². The van der Waals surface area contributed by atoms with Crippen molar-refractivity contribution in [1.29, 1.82) is 0 Å². The van der Waals surface area contributed by atoms with Gasteiger partial charge in [0.1, 0.15) is 0 Å². The van der Waals surface area contributed by atoms with Crippen LogP contribution in [0, 0.1) is 0 Å². The molecule has 0 saturated heterocycles. The number of benzene rings is 1. The summed E-state index contributed by atoms with van der Waals surface area (Å²) in [5.74, 6) is 1.45. The lowest BCUT2D eigenvalue weighted by atomic mass is 10.1. The lowest BCUT2D eigenvalue weighted by Crippen LogP contribution is -2.28. The number of aryl methyl sites for hydroxylation is 1. The second-order valence-corrected chi connectivity index (χ2v) is 5.24. The number of carbonyl (C=O) groups excluding carboxylic acids is 1. The fraction of sp³-hybridized carbons (Fsp3) is 0.533. The van der Waals surface area contributed by atoms with Gasteiger partial charge in [0.05, 0.1) is 6.10 Å². The van der Waals surface area contributed by atoms with Gasteiger partial charge in [-0.1, -0.05) is 18.9 Å². The summed E-state index contributed by atoms with van der Waals surface area (Å²) in [6.07, 6.45) is 5.74. The minimum absolute atomic E-state index is 0.0745. The summed E-state index contributed by atoms with van der Waals surface area (Å²) in [7, 11) is 0. The summed E-state index contributed by atoms with van der Waals surface area (Å²) in [4.78, 5) is 17.1. The molecule has 0 bridgehead atoms. The molecule has 0 unspecified atom stereocenters. The predicted molar refractivity (Wildman–Crippen MR) is 72.4 cm³/mol. The summed E-state index contributed by atoms with van der Waals surface area (Å²) >= 11 is 0. The topological polar surface area (TPSA) is 56.8 Å². The third kappa shape index (κ3) is 3.22. The van der Waals surface area contributed by atoms with E-state index in [4.69, 9.17) is 14.3 Å². The Bertz CT molecular complexity index is 483. The average molecular weight is 277 g/mol. The van der Waals surface area contributed by atoms with E-state index in [0.29, 0.717) is 12.8 Å². The Hall–Kier alpha value is -1.75. The predicted octanol–water partition coefficient (Wildman–Crippen LogP) is 2.34. The summed E-state index contributed by atoms with van der Waals surface area (Å²) in [5.41, 5.74) is 3.61. The molecule has 5 heteroatoms. The molecule has 1 aliphatic carbocycles. The maximum atomic E-state index is 11.7. The van der Waals surface area contributed by atoms with Crippen LogP contribution < -0.4 is 15.0 Å². The molecule has 1 saturated carbocycles. The fourth-order valence-corrected chi connectivity index (χ4v) is 2.56. The van der Waals surface area contributed by atoms with Gasteiger partial charge < -0.3 is 9.47 Å². The number of carbonyl (C=O) groups is 1. The number of rotatable bonds is 5. The summed E-state index contributed by atoms with van der Waals surface area (Å²) < 4.78 is 10.6. The van der Waals surface area contributed by atoms with E-state index in [1.165, 1.54) is 12.8 Å². The van der Waals surface area contributed by atoms with Crippen LogP contribution in [0.4, 0.5) is 0 Å². The molecule has 0 aromatic heterocycles. The smallest absolute Gasteiger partial charge is 0.243 e. The van der Waals surface area contributed by atoms with Crippen LogP contribution in [0.2, 0.25) is 0 Å². The normalized spacial score (nSPS) is 17.4. The number of amides is 1. The molecule has 1 aromatic carbocycles. The van der Waals surface area contributed by atoms with Crippen molar-refractivity contribution in [2.45, 2.75) is 44.6 Å². The molecular formula is C15H19NO4. The number of fused-ring (bicyclic) bond motifs is 1. The van der Waals surface area contributed by atoms with Crippen LogP contribution in [-0.2, 0) is 16.1 Å². The number of ether oxygens (including phenoxy) is 2. The molecular weight excluding hydrogens is 258 g/mol. The van der Waals surface area contributed by atoms with Gasteiger partial charge in [-0.05, 0) is 37.0 Å². The Morgan fingerprint density at radius 1 is 1.25 bits per heavy atom. The first kappa shape index (κ1) is 13.2. The van der Waals surface area contributed by atoms with Gasteiger partial charge in [0.25, 0.3) is 0 Å². The Morgan fingerprint density at radius 2 is 2.05 bits per heavy atom. The molecule has 1 N–H and O–H groups in total. The highest BCUT2D eigenvalue weighted by molar-refractivity contribution is 5.75. The van der Waals surface area contributed by atoms with Crippen molar-refractivity contribution in [2.75, 3.05) is 6.79 Å². The standard InChI is InChI=1S/C15H19NO4/c17-15(16-20-12-3-1-2-4-12)8-6-11-5-7-13-14(9-11)19-10-18-13/h5,7,9,12H,1-4,6,8,10H2,(H,16,17). The molecule has 1 aliphatic heterocycles. The van der Waals surface area contributed by atoms with Gasteiger partial charge in [0.15, 0.2) is 11.5 Å². The molecule has 1 aromatic rings. The van der Waals surface area contributed by atoms with Gasteiger partial charge >= 0.3 is 0 Å². The first-order valence-corrected chi connectivity index (χ1v) is 7.14. The van der Waals surface area contributed by atoms with E-state index in [9.17, 15) is 4.79 Å². The van der Waals surface area contributed by atoms with Gasteiger partial charge in [-0.25, -0.2) is 5.48 Å². The van der Waals surface area contributed by atoms with E-state index in [0.717, 1.165) is 29.9 Å². The zero-order chi connectivity index (χ0) is 13.8. The lowest BCUT2D eigenvalue weighted by Gasteiger charge is -2.11. The summed E-state index contributed by atoms with van der Waals surface area (Å²) in [5, 5.41) is 0. The van der Waals surface area contributed by atoms with E-state index in [1.807, 2.05) is 18.2 Å². The molecule has 108 valence electrons. The lowest BCUT2D eigenvalue weighted by molar-refractivity contribution is -0.138. The highest BCUT2D eigenvalue weighted by Crippen LogP contribution is 2.32. The second kappa shape index (κ2) is 6.13. The summed E-state index contributed by atoms with van der Waals surface area (Å²) in [6, 6.07) is 5.76. The number of hydroxylamine groups is 1. The zero-order valence-electron chi connectivity index (χ0n) is 11.4. The fourth-order valence-electron chi connectivity index (χ4n) is 2.56. The molecule has 1 amide bonds. The summed E-state index contributed by atoms with van der Waals surface area (Å²) in [6.45, 7) is 0.272. The minimum Gasteiger partial charge on any atom is -0.454 e. The maximum Gasteiger partial charge on any atom is 0.243 e. The first-order valence-electron chi connectivity index (χ1n) is 7.14. The molecule has 1 heterocycles. The average Bonchev–Trinajstić information content (AvgIpc) is 3.13. The van der Waals surface area contributed by atoms with E-state index in [1.54, 1.807) is 0 Å². The Morgan fingerprint density at radius 3 is 2.90 bits per heavy atom. The number of hydrogen-bond donors (Lipinski definition) is 1. The van der Waals surface area contributed by atoms with Crippen LogP contribution in [0.25, 0.3) is 0 Å². The molecule has 0 atom stereocenters. The minimum atomic E-state index is -0.0745. The monoisotopic (exact) mass is 277 g/mol. The third-order valence-corrected chi connectivity index (χ3v) is 3.72. The van der Waals surface area contributed by atoms with Gasteiger partial charge in [0, 0.05) is 6.42 Å². The van der Waals surface area contributed by atoms with Crippen molar-refractivity contribution in [2.24, 2.45) is 0 Å². The van der Waals surface area contributed by atoms with Gasteiger partial charge in [-0.2, -0.15) is 0 Å². The Labute approximate surface area is 118 Å². The van der Waals surface area contributed by atoms with Crippen molar-refractivity contribution >= 4 is 5.91 Å². The van der Waals surface area contributed by atoms with Crippen LogP contribution in [0.15, 0.2) is 18.2 Å². The van der Waals surface area contributed by atoms with Crippen molar-refractivity contribution < 1.29 is 19.1 Å². The Balaban J connectivity index is 1.43. The van der Waals surface area contributed by atoms with Crippen molar-refractivity contribution in [3.05, 3.63) is 23.8 Å². The van der Waals surface area contributed by atoms with Crippen LogP contribution >= 0.6 is 0 Å². The number of hydrogen-bond acceptors (Lipinski definition) is 4. The highest BCUT2D eigenvalue weighted by atomic mass is 16.7. The van der Waals surface area contributed by atoms with Crippen LogP contribution in [0.3, 0.4) is 0 Å². The van der Waals surface area contributed by atoms with E-state index >= 15 is 0 Å². The van der Waals surface area contributed by atoms with Gasteiger partial charge in [-0.3, -0.25) is 9.63 Å². The molecule has 5 nitrogen and oxygen atoms in total. The largest absolute Gasteiger partial charge is 0.454 e. The van der Waals surface area contributed by atoms with E-state index in [-0.39, 0.29) is 18.8 Å². The molecule has 0 spiro atoms. The van der Waals surface area contributed by atoms with Crippen LogP contribution in [0.5, 0.6) is 11.5 Å². The zero-order valence-corrected chi connectivity index (χ0v) is 11.4. The van der Waals surface area contributed by atoms with Gasteiger partial charge in [0.2, 0.25) is 12.7 Å². The second-order valence-electron chi connectivity index (χ2n) is 5.24. The van der Waals surface area contributed by atoms with Gasteiger partial charge in [-0.15, -0.1) is 0 Å². The molecule has 0 radical (unpaired) electrons. The maximum absolute atomic E-state index is 11.7. The van der Waals surface area contributed by atoms with Crippen molar-refractivity contribution in [3.63, 3.8) is 0 Å². The quantitative estimate of drug-likeness (QED) is 0.839. The molecule has 20 heavy (non-hydrogen) atoms. The highest BCUT2D eigenvalue weighted by Gasteiger charge is 2.17. The Kier molecular flexibility index (Phi) is 4.06. The van der Waals surface area contributed by atoms with E-state index in [2.05, 4.69) is 5.48 Å². The SMILES string of the molecule is O=C(CCc1ccc2c(c1)OCO2)NOC1CCCC1. The number of nitrogens with one attached hydrogen (secondary N) is 1. The van der Waals surface area contributed by atoms with Crippen molar-refractivity contribution in [3.8, 4) is 11.5 Å². The molecule has 2 aliphatic rings. The third-order valence-electron chi connectivity index (χ3n) is 3.72.